The van der Waals surface area contributed by atoms with E-state index < -0.39 is 6.10 Å². The minimum atomic E-state index is -0.602. The monoisotopic (exact) mass is 338 g/mol. The maximum atomic E-state index is 10.5. The van der Waals surface area contributed by atoms with Crippen molar-refractivity contribution in [2.24, 2.45) is 0 Å². The summed E-state index contributed by atoms with van der Waals surface area (Å²) >= 11 is 0. The Balaban J connectivity index is 1.76. The number of aromatic nitrogens is 2. The number of hydrogen-bond acceptors (Lipinski definition) is 3. The SMILES string of the molecule is Cc1ccc(C)c(OCC(O)Cn2c(C(C)C)nc3ccccc32)c1. The van der Waals surface area contributed by atoms with Gasteiger partial charge in [-0.1, -0.05) is 38.1 Å². The molecule has 2 aromatic carbocycles. The molecule has 1 aromatic heterocycles. The summed E-state index contributed by atoms with van der Waals surface area (Å²) in [6.07, 6.45) is -0.602. The molecule has 0 radical (unpaired) electrons. The lowest BCUT2D eigenvalue weighted by Gasteiger charge is -2.17. The summed E-state index contributed by atoms with van der Waals surface area (Å²) in [6, 6.07) is 14.2. The minimum absolute atomic E-state index is 0.258. The van der Waals surface area contributed by atoms with Crippen LogP contribution in [0.5, 0.6) is 5.75 Å². The minimum Gasteiger partial charge on any atom is -0.491 e. The quantitative estimate of drug-likeness (QED) is 0.732. The highest BCUT2D eigenvalue weighted by Crippen LogP contribution is 2.23. The van der Waals surface area contributed by atoms with Crippen molar-refractivity contribution >= 4 is 11.0 Å². The van der Waals surface area contributed by atoms with Crippen LogP contribution in [0, 0.1) is 13.8 Å². The molecule has 0 aliphatic rings. The number of para-hydroxylation sites is 2. The topological polar surface area (TPSA) is 47.3 Å². The highest BCUT2D eigenvalue weighted by molar-refractivity contribution is 5.76. The van der Waals surface area contributed by atoms with Crippen LogP contribution >= 0.6 is 0 Å². The van der Waals surface area contributed by atoms with Gasteiger partial charge in [0.15, 0.2) is 0 Å². The fraction of sp³-hybridized carbons (Fsp3) is 0.381. The third-order valence-corrected chi connectivity index (χ3v) is 4.37. The van der Waals surface area contributed by atoms with Gasteiger partial charge in [0.2, 0.25) is 0 Å². The van der Waals surface area contributed by atoms with Gasteiger partial charge < -0.3 is 14.4 Å². The molecule has 3 aromatic rings. The first-order chi connectivity index (χ1) is 12.0. The van der Waals surface area contributed by atoms with E-state index in [1.807, 2.05) is 50.2 Å². The van der Waals surface area contributed by atoms with Crippen LogP contribution in [0.3, 0.4) is 0 Å². The zero-order chi connectivity index (χ0) is 18.0. The van der Waals surface area contributed by atoms with E-state index in [0.717, 1.165) is 33.7 Å². The second-order valence-corrected chi connectivity index (χ2v) is 6.96. The number of aliphatic hydroxyl groups excluding tert-OH is 1. The summed E-state index contributed by atoms with van der Waals surface area (Å²) in [6.45, 7) is 9.03. The Morgan fingerprint density at radius 1 is 1.12 bits per heavy atom. The van der Waals surface area contributed by atoms with Crippen LogP contribution in [0.4, 0.5) is 0 Å². The molecule has 132 valence electrons. The number of aliphatic hydroxyl groups is 1. The second kappa shape index (κ2) is 7.28. The fourth-order valence-electron chi connectivity index (χ4n) is 3.04. The van der Waals surface area contributed by atoms with E-state index >= 15 is 0 Å². The molecule has 25 heavy (non-hydrogen) atoms. The van der Waals surface area contributed by atoms with Gasteiger partial charge >= 0.3 is 0 Å². The number of ether oxygens (including phenoxy) is 1. The van der Waals surface area contributed by atoms with Crippen molar-refractivity contribution in [1.29, 1.82) is 0 Å². The van der Waals surface area contributed by atoms with Crippen molar-refractivity contribution < 1.29 is 9.84 Å². The van der Waals surface area contributed by atoms with E-state index in [-0.39, 0.29) is 6.61 Å². The first-order valence-electron chi connectivity index (χ1n) is 8.79. The van der Waals surface area contributed by atoms with Crippen molar-refractivity contribution in [3.8, 4) is 5.75 Å². The number of imidazole rings is 1. The lowest BCUT2D eigenvalue weighted by molar-refractivity contribution is 0.0922. The standard InChI is InChI=1S/C21H26N2O2/c1-14(2)21-22-18-7-5-6-8-19(18)23(21)12-17(24)13-25-20-11-15(3)9-10-16(20)4/h5-11,14,17,24H,12-13H2,1-4H3. The Labute approximate surface area is 149 Å². The molecule has 0 saturated carbocycles. The molecule has 0 saturated heterocycles. The van der Waals surface area contributed by atoms with Gasteiger partial charge in [0.25, 0.3) is 0 Å². The largest absolute Gasteiger partial charge is 0.491 e. The van der Waals surface area contributed by atoms with Gasteiger partial charge in [-0.25, -0.2) is 4.98 Å². The molecule has 0 aliphatic carbocycles. The summed E-state index contributed by atoms with van der Waals surface area (Å²) in [4.78, 5) is 4.72. The molecule has 0 bridgehead atoms. The first-order valence-corrected chi connectivity index (χ1v) is 8.79. The van der Waals surface area contributed by atoms with Crippen molar-refractivity contribution in [3.05, 3.63) is 59.4 Å². The molecule has 1 unspecified atom stereocenters. The first kappa shape index (κ1) is 17.5. The lowest BCUT2D eigenvalue weighted by Crippen LogP contribution is -2.25. The van der Waals surface area contributed by atoms with Crippen LogP contribution in [0.1, 0.15) is 36.7 Å². The normalized spacial score (nSPS) is 12.7. The van der Waals surface area contributed by atoms with Gasteiger partial charge in [0.05, 0.1) is 17.6 Å². The van der Waals surface area contributed by atoms with E-state index in [2.05, 4.69) is 24.5 Å². The summed E-state index contributed by atoms with van der Waals surface area (Å²) in [5, 5.41) is 10.5. The third-order valence-electron chi connectivity index (χ3n) is 4.37. The summed E-state index contributed by atoms with van der Waals surface area (Å²) < 4.78 is 7.97. The van der Waals surface area contributed by atoms with E-state index in [0.29, 0.717) is 12.5 Å². The van der Waals surface area contributed by atoms with Gasteiger partial charge in [-0.2, -0.15) is 0 Å². The molecular formula is C21H26N2O2. The van der Waals surface area contributed by atoms with Gasteiger partial charge in [-0.3, -0.25) is 0 Å². The molecule has 0 fully saturated rings. The van der Waals surface area contributed by atoms with Crippen LogP contribution in [-0.4, -0.2) is 27.4 Å². The van der Waals surface area contributed by atoms with E-state index in [1.54, 1.807) is 0 Å². The summed E-state index contributed by atoms with van der Waals surface area (Å²) in [5.41, 5.74) is 4.25. The molecule has 1 heterocycles. The summed E-state index contributed by atoms with van der Waals surface area (Å²) in [7, 11) is 0. The number of nitrogens with zero attached hydrogens (tertiary/aromatic N) is 2. The van der Waals surface area contributed by atoms with Crippen molar-refractivity contribution in [2.45, 2.75) is 46.3 Å². The molecule has 1 N–H and O–H groups in total. The molecule has 0 aliphatic heterocycles. The lowest BCUT2D eigenvalue weighted by atomic mass is 10.1. The Bertz CT molecular complexity index is 867. The zero-order valence-corrected chi connectivity index (χ0v) is 15.4. The van der Waals surface area contributed by atoms with Gasteiger partial charge in [0, 0.05) is 5.92 Å². The number of hydrogen-bond donors (Lipinski definition) is 1. The van der Waals surface area contributed by atoms with Gasteiger partial charge in [0.1, 0.15) is 24.3 Å². The smallest absolute Gasteiger partial charge is 0.122 e. The molecule has 4 nitrogen and oxygen atoms in total. The van der Waals surface area contributed by atoms with Crippen LogP contribution in [0.2, 0.25) is 0 Å². The van der Waals surface area contributed by atoms with E-state index in [4.69, 9.17) is 9.72 Å². The second-order valence-electron chi connectivity index (χ2n) is 6.96. The maximum Gasteiger partial charge on any atom is 0.122 e. The van der Waals surface area contributed by atoms with Gasteiger partial charge in [-0.05, 0) is 43.2 Å². The van der Waals surface area contributed by atoms with Crippen LogP contribution < -0.4 is 4.74 Å². The van der Waals surface area contributed by atoms with Crippen molar-refractivity contribution in [1.82, 2.24) is 9.55 Å². The zero-order valence-electron chi connectivity index (χ0n) is 15.4. The van der Waals surface area contributed by atoms with Crippen LogP contribution in [0.25, 0.3) is 11.0 Å². The highest BCUT2D eigenvalue weighted by atomic mass is 16.5. The predicted molar refractivity (Wildman–Crippen MR) is 101 cm³/mol. The highest BCUT2D eigenvalue weighted by Gasteiger charge is 2.17. The molecule has 0 spiro atoms. The molecule has 4 heteroatoms. The fourth-order valence-corrected chi connectivity index (χ4v) is 3.04. The Kier molecular flexibility index (Phi) is 5.09. The molecule has 3 rings (SSSR count). The van der Waals surface area contributed by atoms with Gasteiger partial charge in [-0.15, -0.1) is 0 Å². The number of benzene rings is 2. The predicted octanol–water partition coefficient (Wildman–Crippen LogP) is 4.22. The Morgan fingerprint density at radius 3 is 2.64 bits per heavy atom. The van der Waals surface area contributed by atoms with E-state index in [9.17, 15) is 5.11 Å². The van der Waals surface area contributed by atoms with Crippen molar-refractivity contribution in [2.75, 3.05) is 6.61 Å². The van der Waals surface area contributed by atoms with E-state index in [1.165, 1.54) is 0 Å². The number of rotatable bonds is 6. The number of fused-ring (bicyclic) bond motifs is 1. The Morgan fingerprint density at radius 2 is 1.88 bits per heavy atom. The molecule has 1 atom stereocenters. The molecular weight excluding hydrogens is 312 g/mol. The van der Waals surface area contributed by atoms with Crippen molar-refractivity contribution in [3.63, 3.8) is 0 Å². The van der Waals surface area contributed by atoms with Crippen LogP contribution in [0.15, 0.2) is 42.5 Å². The van der Waals surface area contributed by atoms with Crippen LogP contribution in [-0.2, 0) is 6.54 Å². The maximum absolute atomic E-state index is 10.5. The average molecular weight is 338 g/mol. The summed E-state index contributed by atoms with van der Waals surface area (Å²) in [5.74, 6) is 2.12. The third kappa shape index (κ3) is 3.85. The molecule has 0 amide bonds. The Hall–Kier alpha value is -2.33. The number of aryl methyl sites for hydroxylation is 2. The average Bonchev–Trinajstić information content (AvgIpc) is 2.95.